The van der Waals surface area contributed by atoms with E-state index < -0.39 is 5.82 Å². The molecule has 0 aliphatic rings. The number of ether oxygens (including phenoxy) is 1. The van der Waals surface area contributed by atoms with Crippen LogP contribution in [-0.4, -0.2) is 4.98 Å². The molecular weight excluding hydrogens is 231 g/mol. The van der Waals surface area contributed by atoms with Crippen molar-refractivity contribution >= 4 is 17.3 Å². The quantitative estimate of drug-likeness (QED) is 0.817. The zero-order chi connectivity index (χ0) is 11.5. The SMILES string of the molecule is Nc1cccc(Oc2ncc(Cl)cc2F)c1. The third-order valence-corrected chi connectivity index (χ3v) is 2.05. The molecule has 2 N–H and O–H groups in total. The summed E-state index contributed by atoms with van der Waals surface area (Å²) in [6.45, 7) is 0. The average molecular weight is 239 g/mol. The Morgan fingerprint density at radius 2 is 2.12 bits per heavy atom. The van der Waals surface area contributed by atoms with Gasteiger partial charge in [-0.3, -0.25) is 0 Å². The van der Waals surface area contributed by atoms with Crippen LogP contribution in [0.15, 0.2) is 36.5 Å². The lowest BCUT2D eigenvalue weighted by Gasteiger charge is -2.05. The van der Waals surface area contributed by atoms with Crippen molar-refractivity contribution in [2.24, 2.45) is 0 Å². The minimum absolute atomic E-state index is 0.130. The summed E-state index contributed by atoms with van der Waals surface area (Å²) in [5.74, 6) is -0.321. The van der Waals surface area contributed by atoms with Crippen LogP contribution in [0.5, 0.6) is 11.6 Å². The Bertz CT molecular complexity index is 519. The first-order chi connectivity index (χ1) is 7.65. The van der Waals surface area contributed by atoms with Crippen molar-refractivity contribution in [3.63, 3.8) is 0 Å². The number of rotatable bonds is 2. The molecule has 0 radical (unpaired) electrons. The van der Waals surface area contributed by atoms with E-state index in [4.69, 9.17) is 22.1 Å². The van der Waals surface area contributed by atoms with Crippen molar-refractivity contribution in [1.82, 2.24) is 4.98 Å². The second-order valence-corrected chi connectivity index (χ2v) is 3.55. The topological polar surface area (TPSA) is 48.1 Å². The predicted molar refractivity (Wildman–Crippen MR) is 60.1 cm³/mol. The Hall–Kier alpha value is -1.81. The van der Waals surface area contributed by atoms with Crippen LogP contribution in [0.2, 0.25) is 5.02 Å². The number of nitrogens with zero attached hydrogens (tertiary/aromatic N) is 1. The summed E-state index contributed by atoms with van der Waals surface area (Å²) in [7, 11) is 0. The lowest BCUT2D eigenvalue weighted by atomic mass is 10.3. The van der Waals surface area contributed by atoms with Gasteiger partial charge in [-0.25, -0.2) is 9.37 Å². The fraction of sp³-hybridized carbons (Fsp3) is 0. The van der Waals surface area contributed by atoms with Gasteiger partial charge in [-0.15, -0.1) is 0 Å². The van der Waals surface area contributed by atoms with E-state index in [9.17, 15) is 4.39 Å². The molecule has 16 heavy (non-hydrogen) atoms. The van der Waals surface area contributed by atoms with E-state index in [1.807, 2.05) is 0 Å². The third-order valence-electron chi connectivity index (χ3n) is 1.85. The second-order valence-electron chi connectivity index (χ2n) is 3.12. The molecule has 3 nitrogen and oxygen atoms in total. The minimum Gasteiger partial charge on any atom is -0.436 e. The number of nitrogens with two attached hydrogens (primary N) is 1. The van der Waals surface area contributed by atoms with Gasteiger partial charge in [-0.2, -0.15) is 0 Å². The first-order valence-corrected chi connectivity index (χ1v) is 4.87. The highest BCUT2D eigenvalue weighted by Crippen LogP contribution is 2.24. The van der Waals surface area contributed by atoms with Gasteiger partial charge in [0.15, 0.2) is 5.82 Å². The van der Waals surface area contributed by atoms with Gasteiger partial charge in [0.1, 0.15) is 5.75 Å². The predicted octanol–water partition coefficient (Wildman–Crippen LogP) is 3.25. The normalized spacial score (nSPS) is 10.1. The van der Waals surface area contributed by atoms with Crippen LogP contribution < -0.4 is 10.5 Å². The molecule has 5 heteroatoms. The van der Waals surface area contributed by atoms with E-state index in [-0.39, 0.29) is 10.9 Å². The number of nitrogen functional groups attached to an aromatic ring is 1. The van der Waals surface area contributed by atoms with Crippen LogP contribution in [0.1, 0.15) is 0 Å². The van der Waals surface area contributed by atoms with Gasteiger partial charge in [0.05, 0.1) is 5.02 Å². The molecule has 0 atom stereocenters. The molecule has 1 aromatic carbocycles. The van der Waals surface area contributed by atoms with Crippen molar-refractivity contribution in [1.29, 1.82) is 0 Å². The Morgan fingerprint density at radius 1 is 1.31 bits per heavy atom. The van der Waals surface area contributed by atoms with Crippen LogP contribution >= 0.6 is 11.6 Å². The van der Waals surface area contributed by atoms with E-state index in [0.717, 1.165) is 6.07 Å². The van der Waals surface area contributed by atoms with Crippen molar-refractivity contribution in [3.05, 3.63) is 47.4 Å². The monoisotopic (exact) mass is 238 g/mol. The highest BCUT2D eigenvalue weighted by molar-refractivity contribution is 6.30. The van der Waals surface area contributed by atoms with Crippen LogP contribution in [0.3, 0.4) is 0 Å². The Balaban J connectivity index is 2.27. The molecule has 2 aromatic rings. The molecule has 0 saturated carbocycles. The van der Waals surface area contributed by atoms with E-state index in [2.05, 4.69) is 4.98 Å². The number of pyridine rings is 1. The molecule has 0 saturated heterocycles. The summed E-state index contributed by atoms with van der Waals surface area (Å²) in [5, 5.41) is 0.220. The van der Waals surface area contributed by atoms with Gasteiger partial charge < -0.3 is 10.5 Å². The maximum Gasteiger partial charge on any atom is 0.255 e. The number of halogens is 2. The van der Waals surface area contributed by atoms with Gasteiger partial charge in [0, 0.05) is 18.0 Å². The number of anilines is 1. The summed E-state index contributed by atoms with van der Waals surface area (Å²) in [6, 6.07) is 7.79. The van der Waals surface area contributed by atoms with Crippen molar-refractivity contribution < 1.29 is 9.13 Å². The van der Waals surface area contributed by atoms with Crippen LogP contribution in [0.4, 0.5) is 10.1 Å². The molecule has 0 amide bonds. The Morgan fingerprint density at radius 3 is 2.81 bits per heavy atom. The van der Waals surface area contributed by atoms with Gasteiger partial charge in [0.25, 0.3) is 5.88 Å². The minimum atomic E-state index is -0.616. The summed E-state index contributed by atoms with van der Waals surface area (Å²) < 4.78 is 18.6. The summed E-state index contributed by atoms with van der Waals surface area (Å²) in [4.78, 5) is 3.73. The number of hydrogen-bond acceptors (Lipinski definition) is 3. The summed E-state index contributed by atoms with van der Waals surface area (Å²) >= 11 is 5.57. The molecule has 0 spiro atoms. The van der Waals surface area contributed by atoms with E-state index >= 15 is 0 Å². The van der Waals surface area contributed by atoms with Gasteiger partial charge in [-0.05, 0) is 18.2 Å². The van der Waals surface area contributed by atoms with E-state index in [1.54, 1.807) is 24.3 Å². The van der Waals surface area contributed by atoms with Crippen LogP contribution in [0, 0.1) is 5.82 Å². The number of benzene rings is 1. The summed E-state index contributed by atoms with van der Waals surface area (Å²) in [6.07, 6.45) is 1.31. The fourth-order valence-electron chi connectivity index (χ4n) is 1.17. The molecular formula is C11H8ClFN2O. The lowest BCUT2D eigenvalue weighted by Crippen LogP contribution is -1.92. The molecule has 0 aliphatic carbocycles. The average Bonchev–Trinajstić information content (AvgIpc) is 2.22. The largest absolute Gasteiger partial charge is 0.436 e. The zero-order valence-electron chi connectivity index (χ0n) is 8.15. The molecule has 1 heterocycles. The molecule has 2 rings (SSSR count). The lowest BCUT2D eigenvalue weighted by molar-refractivity contribution is 0.423. The maximum absolute atomic E-state index is 13.3. The number of hydrogen-bond donors (Lipinski definition) is 1. The van der Waals surface area contributed by atoms with Crippen LogP contribution in [-0.2, 0) is 0 Å². The van der Waals surface area contributed by atoms with Crippen molar-refractivity contribution in [2.75, 3.05) is 5.73 Å². The first-order valence-electron chi connectivity index (χ1n) is 4.49. The Labute approximate surface area is 96.6 Å². The molecule has 0 fully saturated rings. The van der Waals surface area contributed by atoms with Crippen molar-refractivity contribution in [2.45, 2.75) is 0 Å². The summed E-state index contributed by atoms with van der Waals surface area (Å²) in [5.41, 5.74) is 6.09. The van der Waals surface area contributed by atoms with Crippen molar-refractivity contribution in [3.8, 4) is 11.6 Å². The van der Waals surface area contributed by atoms with Crippen LogP contribution in [0.25, 0.3) is 0 Å². The highest BCUT2D eigenvalue weighted by Gasteiger charge is 2.07. The second kappa shape index (κ2) is 4.37. The molecule has 82 valence electrons. The van der Waals surface area contributed by atoms with Gasteiger partial charge in [-0.1, -0.05) is 17.7 Å². The van der Waals surface area contributed by atoms with E-state index in [0.29, 0.717) is 11.4 Å². The molecule has 1 aromatic heterocycles. The number of aromatic nitrogens is 1. The smallest absolute Gasteiger partial charge is 0.255 e. The third kappa shape index (κ3) is 2.41. The standard InChI is InChI=1S/C11H8ClFN2O/c12-7-4-10(13)11(15-6-7)16-9-3-1-2-8(14)5-9/h1-6H,14H2. The van der Waals surface area contributed by atoms with Gasteiger partial charge >= 0.3 is 0 Å². The van der Waals surface area contributed by atoms with E-state index in [1.165, 1.54) is 6.20 Å². The fourth-order valence-corrected chi connectivity index (χ4v) is 1.31. The maximum atomic E-state index is 13.3. The zero-order valence-corrected chi connectivity index (χ0v) is 8.91. The molecule has 0 aliphatic heterocycles. The molecule has 0 unspecified atom stereocenters. The first kappa shape index (κ1) is 10.7. The van der Waals surface area contributed by atoms with Gasteiger partial charge in [0.2, 0.25) is 0 Å². The Kier molecular flexibility index (Phi) is 2.92. The molecule has 0 bridgehead atoms. The highest BCUT2D eigenvalue weighted by atomic mass is 35.5.